The molecule has 6 heteroatoms. The van der Waals surface area contributed by atoms with Crippen LogP contribution in [0, 0.1) is 0 Å². The van der Waals surface area contributed by atoms with Crippen LogP contribution in [0.1, 0.15) is 116 Å². The number of hydrogen-bond acceptors (Lipinski definition) is 3. The molecule has 514 valence electrons. The second kappa shape index (κ2) is 23.8. The number of anilines is 6. The molecular formula is C100H85BN4O. The summed E-state index contributed by atoms with van der Waals surface area (Å²) in [5.74, 6) is 0. The number of furan rings is 1. The van der Waals surface area contributed by atoms with E-state index in [1.165, 1.54) is 22.3 Å². The van der Waals surface area contributed by atoms with Gasteiger partial charge in [0.05, 0.1) is 49.8 Å². The maximum absolute atomic E-state index is 9.92. The van der Waals surface area contributed by atoms with Crippen molar-refractivity contribution in [3.05, 3.63) is 319 Å². The van der Waals surface area contributed by atoms with E-state index in [9.17, 15) is 8.22 Å². The zero-order valence-electron chi connectivity index (χ0n) is 69.9. The Balaban J connectivity index is 1.04. The van der Waals surface area contributed by atoms with Crippen molar-refractivity contribution in [2.75, 3.05) is 9.80 Å². The van der Waals surface area contributed by atoms with Crippen molar-refractivity contribution >= 4 is 123 Å². The summed E-state index contributed by atoms with van der Waals surface area (Å²) < 4.78 is 87.2. The molecule has 2 aliphatic heterocycles. The predicted octanol–water partition coefficient (Wildman–Crippen LogP) is 25.7. The van der Waals surface area contributed by atoms with Crippen molar-refractivity contribution in [2.24, 2.45) is 0 Å². The van der Waals surface area contributed by atoms with Gasteiger partial charge in [-0.05, 0) is 190 Å². The molecule has 5 heterocycles. The lowest BCUT2D eigenvalue weighted by Gasteiger charge is -2.45. The van der Waals surface area contributed by atoms with Crippen LogP contribution in [0.2, 0.25) is 0 Å². The van der Waals surface area contributed by atoms with Gasteiger partial charge in [0.15, 0.2) is 0 Å². The number of nitrogens with zero attached hydrogens (tertiary/aromatic N) is 4. The van der Waals surface area contributed by atoms with E-state index < -0.39 is 43.0 Å². The zero-order valence-corrected chi connectivity index (χ0v) is 61.9. The third kappa shape index (κ3) is 10.4. The number of benzene rings is 14. The Morgan fingerprint density at radius 1 is 0.302 bits per heavy atom. The molecule has 106 heavy (non-hydrogen) atoms. The summed E-state index contributed by atoms with van der Waals surface area (Å²) in [6.07, 6.45) is 0. The average molecular weight is 1380 g/mol. The van der Waals surface area contributed by atoms with Gasteiger partial charge in [-0.25, -0.2) is 0 Å². The molecule has 0 aliphatic carbocycles. The highest BCUT2D eigenvalue weighted by Crippen LogP contribution is 2.55. The highest BCUT2D eigenvalue weighted by molar-refractivity contribution is 7.00. The Morgan fingerprint density at radius 2 is 0.774 bits per heavy atom. The summed E-state index contributed by atoms with van der Waals surface area (Å²) in [4.78, 5) is 5.04. The van der Waals surface area contributed by atoms with Gasteiger partial charge >= 0.3 is 0 Å². The fraction of sp³-hybridized carbons (Fsp3) is 0.160. The number of fused-ring (bicyclic) bond motifs is 13. The first-order valence-corrected chi connectivity index (χ1v) is 37.0. The van der Waals surface area contributed by atoms with E-state index in [1.54, 1.807) is 4.57 Å². The number of para-hydroxylation sites is 5. The minimum Gasteiger partial charge on any atom is -0.456 e. The fourth-order valence-electron chi connectivity index (χ4n) is 16.7. The third-order valence-corrected chi connectivity index (χ3v) is 22.3. The molecule has 0 spiro atoms. The van der Waals surface area contributed by atoms with Gasteiger partial charge in [-0.15, -0.1) is 0 Å². The van der Waals surface area contributed by atoms with Crippen LogP contribution < -0.4 is 26.2 Å². The first-order valence-electron chi connectivity index (χ1n) is 41.0. The van der Waals surface area contributed by atoms with Gasteiger partial charge in [0, 0.05) is 66.6 Å². The van der Waals surface area contributed by atoms with Gasteiger partial charge in [0.25, 0.3) is 6.71 Å². The molecule has 19 rings (SSSR count). The molecule has 14 aromatic carbocycles. The summed E-state index contributed by atoms with van der Waals surface area (Å²) in [5, 5.41) is 3.91. The largest absolute Gasteiger partial charge is 0.456 e. The number of hydrogen-bond donors (Lipinski definition) is 0. The van der Waals surface area contributed by atoms with Gasteiger partial charge < -0.3 is 23.4 Å². The Kier molecular flexibility index (Phi) is 12.7. The molecule has 17 aromatic rings. The molecule has 0 amide bonds. The summed E-state index contributed by atoms with van der Waals surface area (Å²) in [6, 6.07) is 87.1. The summed E-state index contributed by atoms with van der Waals surface area (Å²) in [5.41, 5.74) is 25.3. The Hall–Kier alpha value is -11.9. The number of rotatable bonds is 8. The molecule has 0 bridgehead atoms. The molecule has 0 unspecified atom stereocenters. The SMILES string of the molecule is [2H]c1c([2H])c([2H])c2c(c1[2H])c1c([2H])c([2H])c([2H])c([2H])c1n2-c1ccc2c(c1)N(c1c(-c3ccccc3)ccc3oc4ccccc4c13)c1cc(-c3cc(C(C)(C)C)cc(C(C)(C)C)c3)cc3c1B2c1ccc(-c2cc(C(C)(C)C)cc(C(C)(C)C)c2)cc1N3c1cc(-c2ccccc2)cc2c1c1ccccc1n2-c1ccccc1. The van der Waals surface area contributed by atoms with Crippen LogP contribution in [0.4, 0.5) is 34.1 Å². The van der Waals surface area contributed by atoms with Crippen LogP contribution in [0.3, 0.4) is 0 Å². The van der Waals surface area contributed by atoms with Crippen molar-refractivity contribution in [1.82, 2.24) is 9.13 Å². The molecule has 5 nitrogen and oxygen atoms in total. The van der Waals surface area contributed by atoms with Crippen LogP contribution >= 0.6 is 0 Å². The van der Waals surface area contributed by atoms with Crippen LogP contribution in [0.5, 0.6) is 0 Å². The lowest BCUT2D eigenvalue weighted by molar-refractivity contribution is 0.568. The molecule has 0 atom stereocenters. The average Bonchev–Trinajstić information content (AvgIpc) is 1.08. The lowest BCUT2D eigenvalue weighted by Crippen LogP contribution is -2.61. The van der Waals surface area contributed by atoms with Gasteiger partial charge in [-0.3, -0.25) is 0 Å². The van der Waals surface area contributed by atoms with E-state index in [2.05, 4.69) is 322 Å². The van der Waals surface area contributed by atoms with Crippen molar-refractivity contribution in [3.63, 3.8) is 0 Å². The molecule has 3 aromatic heterocycles. The Morgan fingerprint density at radius 3 is 1.39 bits per heavy atom. The van der Waals surface area contributed by atoms with E-state index in [0.29, 0.717) is 16.9 Å². The van der Waals surface area contributed by atoms with Crippen molar-refractivity contribution in [3.8, 4) is 55.9 Å². The van der Waals surface area contributed by atoms with Gasteiger partial charge in [0.1, 0.15) is 11.2 Å². The monoisotopic (exact) mass is 1380 g/mol. The molecule has 2 aliphatic rings. The lowest BCUT2D eigenvalue weighted by atomic mass is 9.33. The van der Waals surface area contributed by atoms with Crippen LogP contribution in [-0.4, -0.2) is 15.8 Å². The van der Waals surface area contributed by atoms with Gasteiger partial charge in [0.2, 0.25) is 0 Å². The van der Waals surface area contributed by atoms with Crippen molar-refractivity contribution in [1.29, 1.82) is 0 Å². The highest BCUT2D eigenvalue weighted by Gasteiger charge is 2.46. The molecule has 0 saturated heterocycles. The van der Waals surface area contributed by atoms with E-state index in [1.807, 2.05) is 24.3 Å². The second-order valence-electron chi connectivity index (χ2n) is 33.2. The van der Waals surface area contributed by atoms with Gasteiger partial charge in [-0.2, -0.15) is 0 Å². The maximum atomic E-state index is 9.92. The molecule has 0 N–H and O–H groups in total. The van der Waals surface area contributed by atoms with Crippen LogP contribution in [0.25, 0.3) is 121 Å². The molecule has 0 radical (unpaired) electrons. The molecular weight excluding hydrogens is 1280 g/mol. The highest BCUT2D eigenvalue weighted by atomic mass is 16.3. The standard InChI is InChI=1S/C100H85BN4O/c1-97(2,3)69-50-65(51-70(59-69)98(4,5)6)64-44-47-80-85(54-64)104(88-56-67(62-30-16-13-17-31-62)55-87-93(88)78-38-24-28-42-84(78)102(87)73-34-20-15-21-35-73)89-57-68(66-52-71(99(7,8)9)60-72(53-66)100(10,11)12)58-90-95(89)101(80)81-48-45-74(103-82-40-26-22-36-76(82)77-37-23-27-41-83(77)103)61-86(81)105(90)96-75(63-32-18-14-19-33-63)46-49-92-94(96)79-39-25-29-43-91(79)106-92/h13-61H,1-12H3/i22D,23D,26D,27D,36D,37D,40D,41D. The Bertz CT molecular complexity index is 6810. The zero-order chi connectivity index (χ0) is 79.4. The van der Waals surface area contributed by atoms with Crippen molar-refractivity contribution in [2.45, 2.75) is 105 Å². The van der Waals surface area contributed by atoms with E-state index in [4.69, 9.17) is 7.16 Å². The van der Waals surface area contributed by atoms with Crippen LogP contribution in [-0.2, 0) is 21.7 Å². The molecule has 0 fully saturated rings. The van der Waals surface area contributed by atoms with E-state index in [-0.39, 0.29) is 55.6 Å². The quantitative estimate of drug-likeness (QED) is 0.142. The third-order valence-electron chi connectivity index (χ3n) is 22.3. The van der Waals surface area contributed by atoms with Crippen molar-refractivity contribution < 1.29 is 15.4 Å². The smallest absolute Gasteiger partial charge is 0.252 e. The minimum atomic E-state index is -0.534. The second-order valence-corrected chi connectivity index (χ2v) is 33.2. The van der Waals surface area contributed by atoms with E-state index >= 15 is 0 Å². The first-order chi connectivity index (χ1) is 54.4. The van der Waals surface area contributed by atoms with Crippen LogP contribution in [0.15, 0.2) is 301 Å². The van der Waals surface area contributed by atoms with Gasteiger partial charge in [-0.1, -0.05) is 289 Å². The Labute approximate surface area is 633 Å². The predicted molar refractivity (Wildman–Crippen MR) is 453 cm³/mol. The first kappa shape index (κ1) is 56.6. The topological polar surface area (TPSA) is 29.5 Å². The molecule has 0 saturated carbocycles. The normalized spacial score (nSPS) is 14.3. The number of aromatic nitrogens is 2. The summed E-state index contributed by atoms with van der Waals surface area (Å²) >= 11 is 0. The maximum Gasteiger partial charge on any atom is 0.252 e. The minimum absolute atomic E-state index is 0.00223. The fourth-order valence-corrected chi connectivity index (χ4v) is 16.7. The van der Waals surface area contributed by atoms with E-state index in [0.717, 1.165) is 133 Å². The summed E-state index contributed by atoms with van der Waals surface area (Å²) in [7, 11) is 0. The summed E-state index contributed by atoms with van der Waals surface area (Å²) in [6.45, 7) is 27.0.